The molecule has 0 radical (unpaired) electrons. The Balaban J connectivity index is 2.04. The highest BCUT2D eigenvalue weighted by atomic mass is 16.2. The molecule has 1 fully saturated rings. The first-order chi connectivity index (χ1) is 9.65. The van der Waals surface area contributed by atoms with E-state index in [1.807, 2.05) is 24.3 Å². The summed E-state index contributed by atoms with van der Waals surface area (Å²) in [5.41, 5.74) is 2.10. The van der Waals surface area contributed by atoms with Crippen LogP contribution in [0.4, 0.5) is 5.69 Å². The number of rotatable bonds is 5. The number of hydrogen-bond acceptors (Lipinski definition) is 2. The predicted molar refractivity (Wildman–Crippen MR) is 79.5 cm³/mol. The lowest BCUT2D eigenvalue weighted by Gasteiger charge is -2.17. The van der Waals surface area contributed by atoms with Crippen molar-refractivity contribution in [2.75, 3.05) is 18.0 Å². The van der Waals surface area contributed by atoms with Gasteiger partial charge in [-0.3, -0.25) is 9.59 Å². The van der Waals surface area contributed by atoms with Crippen molar-refractivity contribution in [2.45, 2.75) is 19.8 Å². The van der Waals surface area contributed by atoms with Gasteiger partial charge in [0.1, 0.15) is 0 Å². The van der Waals surface area contributed by atoms with Gasteiger partial charge in [-0.15, -0.1) is 6.58 Å². The SMILES string of the molecule is C=CCNC(=O)C1CC(=O)N(c2ccc(CC)cc2)C1. The van der Waals surface area contributed by atoms with Crippen molar-refractivity contribution in [3.63, 3.8) is 0 Å². The van der Waals surface area contributed by atoms with Crippen LogP contribution in [-0.4, -0.2) is 24.9 Å². The van der Waals surface area contributed by atoms with Crippen molar-refractivity contribution in [3.05, 3.63) is 42.5 Å². The Bertz CT molecular complexity index is 508. The third-order valence-electron chi connectivity index (χ3n) is 3.57. The van der Waals surface area contributed by atoms with Gasteiger partial charge in [0, 0.05) is 25.2 Å². The normalized spacial score (nSPS) is 18.1. The summed E-state index contributed by atoms with van der Waals surface area (Å²) in [5.74, 6) is -0.341. The molecule has 4 heteroatoms. The summed E-state index contributed by atoms with van der Waals surface area (Å²) < 4.78 is 0. The maximum absolute atomic E-state index is 12.0. The molecule has 0 aromatic heterocycles. The van der Waals surface area contributed by atoms with E-state index in [1.54, 1.807) is 11.0 Å². The van der Waals surface area contributed by atoms with Gasteiger partial charge in [-0.2, -0.15) is 0 Å². The molecule has 2 rings (SSSR count). The summed E-state index contributed by atoms with van der Waals surface area (Å²) in [6, 6.07) is 7.93. The van der Waals surface area contributed by atoms with Crippen molar-refractivity contribution < 1.29 is 9.59 Å². The van der Waals surface area contributed by atoms with Gasteiger partial charge in [-0.05, 0) is 24.1 Å². The standard InChI is InChI=1S/C16H20N2O2/c1-3-9-17-16(20)13-10-15(19)18(11-13)14-7-5-12(4-2)6-8-14/h3,5-8,13H,1,4,9-11H2,2H3,(H,17,20). The number of carbonyl (C=O) groups is 2. The first-order valence-corrected chi connectivity index (χ1v) is 6.93. The van der Waals surface area contributed by atoms with E-state index in [4.69, 9.17) is 0 Å². The molecule has 1 heterocycles. The minimum Gasteiger partial charge on any atom is -0.352 e. The molecule has 1 aromatic carbocycles. The summed E-state index contributed by atoms with van der Waals surface area (Å²) in [5, 5.41) is 2.75. The van der Waals surface area contributed by atoms with Gasteiger partial charge < -0.3 is 10.2 Å². The minimum atomic E-state index is -0.270. The average Bonchev–Trinajstić information content (AvgIpc) is 2.87. The number of anilines is 1. The Morgan fingerprint density at radius 1 is 1.45 bits per heavy atom. The fourth-order valence-corrected chi connectivity index (χ4v) is 2.36. The summed E-state index contributed by atoms with van der Waals surface area (Å²) in [6.45, 7) is 6.55. The van der Waals surface area contributed by atoms with Gasteiger partial charge in [0.2, 0.25) is 11.8 Å². The smallest absolute Gasteiger partial charge is 0.227 e. The fraction of sp³-hybridized carbons (Fsp3) is 0.375. The molecule has 2 amide bonds. The highest BCUT2D eigenvalue weighted by molar-refractivity contribution is 6.00. The molecule has 0 saturated carbocycles. The second-order valence-electron chi connectivity index (χ2n) is 4.96. The van der Waals surface area contributed by atoms with Crippen LogP contribution >= 0.6 is 0 Å². The molecule has 1 aliphatic heterocycles. The van der Waals surface area contributed by atoms with Crippen LogP contribution < -0.4 is 10.2 Å². The fourth-order valence-electron chi connectivity index (χ4n) is 2.36. The number of nitrogens with zero attached hydrogens (tertiary/aromatic N) is 1. The van der Waals surface area contributed by atoms with Crippen molar-refractivity contribution >= 4 is 17.5 Å². The number of amides is 2. The van der Waals surface area contributed by atoms with Crippen LogP contribution in [0.3, 0.4) is 0 Å². The molecule has 20 heavy (non-hydrogen) atoms. The molecule has 1 unspecified atom stereocenters. The lowest BCUT2D eigenvalue weighted by Crippen LogP contribution is -2.32. The Kier molecular flexibility index (Phi) is 4.56. The minimum absolute atomic E-state index is 0.00741. The van der Waals surface area contributed by atoms with Crippen molar-refractivity contribution in [3.8, 4) is 0 Å². The van der Waals surface area contributed by atoms with Crippen molar-refractivity contribution in [1.82, 2.24) is 5.32 Å². The molecule has 1 saturated heterocycles. The first-order valence-electron chi connectivity index (χ1n) is 6.93. The van der Waals surface area contributed by atoms with E-state index in [2.05, 4.69) is 18.8 Å². The topological polar surface area (TPSA) is 49.4 Å². The van der Waals surface area contributed by atoms with Crippen LogP contribution in [-0.2, 0) is 16.0 Å². The Labute approximate surface area is 119 Å². The Morgan fingerprint density at radius 2 is 2.15 bits per heavy atom. The van der Waals surface area contributed by atoms with E-state index >= 15 is 0 Å². The quantitative estimate of drug-likeness (QED) is 0.832. The Morgan fingerprint density at radius 3 is 2.75 bits per heavy atom. The molecule has 1 aliphatic rings. The number of benzene rings is 1. The van der Waals surface area contributed by atoms with E-state index < -0.39 is 0 Å². The molecule has 1 atom stereocenters. The zero-order valence-electron chi connectivity index (χ0n) is 11.8. The second-order valence-corrected chi connectivity index (χ2v) is 4.96. The first kappa shape index (κ1) is 14.3. The molecule has 0 spiro atoms. The number of carbonyl (C=O) groups excluding carboxylic acids is 2. The van der Waals surface area contributed by atoms with E-state index in [-0.39, 0.29) is 24.2 Å². The van der Waals surface area contributed by atoms with E-state index in [0.29, 0.717) is 13.1 Å². The lowest BCUT2D eigenvalue weighted by atomic mass is 10.1. The van der Waals surface area contributed by atoms with Crippen LogP contribution in [0.15, 0.2) is 36.9 Å². The number of nitrogens with one attached hydrogen (secondary N) is 1. The van der Waals surface area contributed by atoms with Crippen LogP contribution in [0.2, 0.25) is 0 Å². The maximum Gasteiger partial charge on any atom is 0.227 e. The van der Waals surface area contributed by atoms with E-state index in [1.165, 1.54) is 5.56 Å². The zero-order valence-corrected chi connectivity index (χ0v) is 11.8. The van der Waals surface area contributed by atoms with Crippen LogP contribution in [0.5, 0.6) is 0 Å². The highest BCUT2D eigenvalue weighted by Gasteiger charge is 2.34. The molecular weight excluding hydrogens is 252 g/mol. The zero-order chi connectivity index (χ0) is 14.5. The number of aryl methyl sites for hydroxylation is 1. The van der Waals surface area contributed by atoms with Gasteiger partial charge in [-0.1, -0.05) is 25.1 Å². The Hall–Kier alpha value is -2.10. The summed E-state index contributed by atoms with van der Waals surface area (Å²) >= 11 is 0. The number of hydrogen-bond donors (Lipinski definition) is 1. The van der Waals surface area contributed by atoms with Gasteiger partial charge >= 0.3 is 0 Å². The van der Waals surface area contributed by atoms with E-state index in [0.717, 1.165) is 12.1 Å². The average molecular weight is 272 g/mol. The second kappa shape index (κ2) is 6.37. The molecule has 4 nitrogen and oxygen atoms in total. The van der Waals surface area contributed by atoms with Crippen LogP contribution in [0.25, 0.3) is 0 Å². The molecule has 1 N–H and O–H groups in total. The summed E-state index contributed by atoms with van der Waals surface area (Å²) in [4.78, 5) is 25.6. The molecule has 106 valence electrons. The maximum atomic E-state index is 12.0. The molecular formula is C16H20N2O2. The highest BCUT2D eigenvalue weighted by Crippen LogP contribution is 2.25. The van der Waals surface area contributed by atoms with Crippen molar-refractivity contribution in [2.24, 2.45) is 5.92 Å². The summed E-state index contributed by atoms with van der Waals surface area (Å²) in [6.07, 6.45) is 2.88. The molecule has 1 aromatic rings. The van der Waals surface area contributed by atoms with E-state index in [9.17, 15) is 9.59 Å². The lowest BCUT2D eigenvalue weighted by molar-refractivity contribution is -0.126. The largest absolute Gasteiger partial charge is 0.352 e. The molecule has 0 aliphatic carbocycles. The van der Waals surface area contributed by atoms with Gasteiger partial charge in [-0.25, -0.2) is 0 Å². The van der Waals surface area contributed by atoms with Gasteiger partial charge in [0.15, 0.2) is 0 Å². The monoisotopic (exact) mass is 272 g/mol. The third kappa shape index (κ3) is 3.07. The van der Waals surface area contributed by atoms with Crippen LogP contribution in [0, 0.1) is 5.92 Å². The van der Waals surface area contributed by atoms with Crippen LogP contribution in [0.1, 0.15) is 18.9 Å². The third-order valence-corrected chi connectivity index (χ3v) is 3.57. The summed E-state index contributed by atoms with van der Waals surface area (Å²) in [7, 11) is 0. The van der Waals surface area contributed by atoms with Gasteiger partial charge in [0.05, 0.1) is 5.92 Å². The predicted octanol–water partition coefficient (Wildman–Crippen LogP) is 1.90. The van der Waals surface area contributed by atoms with Gasteiger partial charge in [0.25, 0.3) is 0 Å². The van der Waals surface area contributed by atoms with Crippen molar-refractivity contribution in [1.29, 1.82) is 0 Å². The molecule has 0 bridgehead atoms.